The first-order valence-electron chi connectivity index (χ1n) is 9.90. The van der Waals surface area contributed by atoms with Crippen LogP contribution in [0.2, 0.25) is 0 Å². The van der Waals surface area contributed by atoms with E-state index in [1.165, 1.54) is 50.5 Å². The number of rotatable bonds is 2. The van der Waals surface area contributed by atoms with Crippen LogP contribution < -0.4 is 0 Å². The van der Waals surface area contributed by atoms with Crippen LogP contribution in [0.5, 0.6) is 0 Å². The zero-order valence-corrected chi connectivity index (χ0v) is 15.1. The summed E-state index contributed by atoms with van der Waals surface area (Å²) in [5.41, 5.74) is 2.19. The van der Waals surface area contributed by atoms with E-state index in [0.29, 0.717) is 17.6 Å². The summed E-state index contributed by atoms with van der Waals surface area (Å²) in [6.07, 6.45) is 17.0. The van der Waals surface area contributed by atoms with Gasteiger partial charge in [-0.05, 0) is 67.3 Å². The number of hydrogen-bond acceptors (Lipinski definition) is 1. The second-order valence-electron chi connectivity index (χ2n) is 9.21. The van der Waals surface area contributed by atoms with E-state index in [4.69, 9.17) is 0 Å². The third-order valence-corrected chi connectivity index (χ3v) is 8.35. The van der Waals surface area contributed by atoms with Crippen LogP contribution in [0.15, 0.2) is 23.8 Å². The molecule has 4 aliphatic carbocycles. The first-order valence-corrected chi connectivity index (χ1v) is 9.90. The lowest BCUT2D eigenvalue weighted by Crippen LogP contribution is -2.49. The van der Waals surface area contributed by atoms with Crippen molar-refractivity contribution in [2.75, 3.05) is 0 Å². The zero-order valence-electron chi connectivity index (χ0n) is 15.1. The molecule has 0 radical (unpaired) electrons. The summed E-state index contributed by atoms with van der Waals surface area (Å²) in [7, 11) is 0. The van der Waals surface area contributed by atoms with E-state index in [1.807, 2.05) is 6.08 Å². The molecule has 4 rings (SSSR count). The average Bonchev–Trinajstić information content (AvgIpc) is 2.85. The van der Waals surface area contributed by atoms with Crippen molar-refractivity contribution in [2.24, 2.45) is 34.5 Å². The molecule has 0 bridgehead atoms. The summed E-state index contributed by atoms with van der Waals surface area (Å²) in [4.78, 5) is 11.8. The monoisotopic (exact) mass is 312 g/mol. The molecule has 6 atom stereocenters. The average molecular weight is 312 g/mol. The number of carbonyl (C=O) groups is 1. The standard InChI is InChI=1S/C22H32O/c1-4-5-15-7-9-19-18-8-6-16-14-17(23)10-12-22(16,3)20(18)11-13-21(15,19)2/h6,10,12,15,18-20H,4-5,7-9,11,13-14H2,1-3H3/t15-,18-,19-,20-,21+,22-/m0/s1. The van der Waals surface area contributed by atoms with Crippen molar-refractivity contribution < 1.29 is 4.79 Å². The van der Waals surface area contributed by atoms with Crippen LogP contribution in [0.1, 0.15) is 72.1 Å². The highest BCUT2D eigenvalue weighted by Crippen LogP contribution is 2.65. The summed E-state index contributed by atoms with van der Waals surface area (Å²) >= 11 is 0. The van der Waals surface area contributed by atoms with Crippen molar-refractivity contribution in [3.8, 4) is 0 Å². The maximum Gasteiger partial charge on any atom is 0.159 e. The molecule has 2 saturated carbocycles. The molecule has 4 aliphatic rings. The minimum atomic E-state index is 0.168. The fourth-order valence-electron chi connectivity index (χ4n) is 7.03. The zero-order chi connectivity index (χ0) is 16.2. The highest BCUT2D eigenvalue weighted by molar-refractivity contribution is 5.93. The van der Waals surface area contributed by atoms with E-state index in [1.54, 1.807) is 0 Å². The number of ketones is 1. The van der Waals surface area contributed by atoms with Crippen LogP contribution in [-0.4, -0.2) is 5.78 Å². The van der Waals surface area contributed by atoms with E-state index in [2.05, 4.69) is 32.9 Å². The van der Waals surface area contributed by atoms with Gasteiger partial charge in [0.05, 0.1) is 0 Å². The molecular weight excluding hydrogens is 280 g/mol. The molecule has 0 N–H and O–H groups in total. The molecule has 0 saturated heterocycles. The van der Waals surface area contributed by atoms with E-state index in [9.17, 15) is 4.79 Å². The maximum absolute atomic E-state index is 11.8. The van der Waals surface area contributed by atoms with Gasteiger partial charge < -0.3 is 0 Å². The smallest absolute Gasteiger partial charge is 0.159 e. The SMILES string of the molecule is CCC[C@H]1CC[C@H]2[C@@H]3CC=C4CC(=O)C=C[C@]4(C)[C@H]3CC[C@]12C. The van der Waals surface area contributed by atoms with E-state index < -0.39 is 0 Å². The quantitative estimate of drug-likeness (QED) is 0.597. The molecule has 0 aromatic carbocycles. The molecular formula is C22H32O. The van der Waals surface area contributed by atoms with Crippen molar-refractivity contribution in [2.45, 2.75) is 72.1 Å². The summed E-state index contributed by atoms with van der Waals surface area (Å²) in [6, 6.07) is 0. The largest absolute Gasteiger partial charge is 0.295 e. The molecule has 0 aromatic heterocycles. The summed E-state index contributed by atoms with van der Waals surface area (Å²) in [5.74, 6) is 3.79. The third kappa shape index (κ3) is 2.14. The molecule has 0 unspecified atom stereocenters. The van der Waals surface area contributed by atoms with Gasteiger partial charge in [0.1, 0.15) is 0 Å². The Balaban J connectivity index is 1.66. The first kappa shape index (κ1) is 15.7. The van der Waals surface area contributed by atoms with Gasteiger partial charge in [-0.2, -0.15) is 0 Å². The van der Waals surface area contributed by atoms with E-state index in [0.717, 1.165) is 23.7 Å². The van der Waals surface area contributed by atoms with Crippen LogP contribution in [0.3, 0.4) is 0 Å². The fraction of sp³-hybridized carbons (Fsp3) is 0.773. The van der Waals surface area contributed by atoms with Gasteiger partial charge in [-0.15, -0.1) is 0 Å². The minimum Gasteiger partial charge on any atom is -0.295 e. The van der Waals surface area contributed by atoms with Gasteiger partial charge in [0.2, 0.25) is 0 Å². The van der Waals surface area contributed by atoms with Crippen LogP contribution >= 0.6 is 0 Å². The van der Waals surface area contributed by atoms with Gasteiger partial charge in [-0.25, -0.2) is 0 Å². The van der Waals surface area contributed by atoms with Crippen LogP contribution in [0.25, 0.3) is 0 Å². The second-order valence-corrected chi connectivity index (χ2v) is 9.21. The Labute approximate surface area is 141 Å². The maximum atomic E-state index is 11.8. The predicted molar refractivity (Wildman–Crippen MR) is 95.0 cm³/mol. The van der Waals surface area contributed by atoms with Gasteiger partial charge in [0, 0.05) is 11.8 Å². The second kappa shape index (κ2) is 5.33. The van der Waals surface area contributed by atoms with Gasteiger partial charge in [-0.1, -0.05) is 51.3 Å². The lowest BCUT2D eigenvalue weighted by atomic mass is 9.48. The Hall–Kier alpha value is -0.850. The van der Waals surface area contributed by atoms with E-state index >= 15 is 0 Å². The minimum absolute atomic E-state index is 0.168. The molecule has 1 nitrogen and oxygen atoms in total. The van der Waals surface area contributed by atoms with Crippen molar-refractivity contribution in [1.82, 2.24) is 0 Å². The van der Waals surface area contributed by atoms with Gasteiger partial charge >= 0.3 is 0 Å². The summed E-state index contributed by atoms with van der Waals surface area (Å²) in [6.45, 7) is 7.38. The number of carbonyl (C=O) groups excluding carboxylic acids is 1. The number of fused-ring (bicyclic) bond motifs is 5. The van der Waals surface area contributed by atoms with Gasteiger partial charge in [0.15, 0.2) is 5.78 Å². The normalized spacial score (nSPS) is 48.5. The molecule has 2 fully saturated rings. The lowest BCUT2D eigenvalue weighted by Gasteiger charge is -2.56. The molecule has 0 heterocycles. The Morgan fingerprint density at radius 2 is 2.00 bits per heavy atom. The highest BCUT2D eigenvalue weighted by atomic mass is 16.1. The van der Waals surface area contributed by atoms with Crippen molar-refractivity contribution >= 4 is 5.78 Å². The molecule has 0 amide bonds. The van der Waals surface area contributed by atoms with Crippen molar-refractivity contribution in [3.05, 3.63) is 23.8 Å². The Morgan fingerprint density at radius 3 is 2.78 bits per heavy atom. The molecule has 23 heavy (non-hydrogen) atoms. The molecule has 0 aromatic rings. The summed E-state index contributed by atoms with van der Waals surface area (Å²) in [5, 5.41) is 0. The molecule has 1 heteroatoms. The first-order chi connectivity index (χ1) is 11.0. The Morgan fingerprint density at radius 1 is 1.17 bits per heavy atom. The molecule has 126 valence electrons. The lowest BCUT2D eigenvalue weighted by molar-refractivity contribution is -0.115. The van der Waals surface area contributed by atoms with Crippen LogP contribution in [-0.2, 0) is 4.79 Å². The van der Waals surface area contributed by atoms with Crippen LogP contribution in [0.4, 0.5) is 0 Å². The molecule has 0 aliphatic heterocycles. The van der Waals surface area contributed by atoms with Gasteiger partial charge in [0.25, 0.3) is 0 Å². The van der Waals surface area contributed by atoms with Crippen molar-refractivity contribution in [3.63, 3.8) is 0 Å². The number of allylic oxidation sites excluding steroid dienone is 4. The summed E-state index contributed by atoms with van der Waals surface area (Å²) < 4.78 is 0. The van der Waals surface area contributed by atoms with Gasteiger partial charge in [-0.3, -0.25) is 4.79 Å². The fourth-order valence-corrected chi connectivity index (χ4v) is 7.03. The number of hydrogen-bond donors (Lipinski definition) is 0. The van der Waals surface area contributed by atoms with Crippen molar-refractivity contribution in [1.29, 1.82) is 0 Å². The van der Waals surface area contributed by atoms with E-state index in [-0.39, 0.29) is 5.41 Å². The Kier molecular flexibility index (Phi) is 3.63. The topological polar surface area (TPSA) is 17.1 Å². The highest BCUT2D eigenvalue weighted by Gasteiger charge is 2.57. The predicted octanol–water partition coefficient (Wildman–Crippen LogP) is 5.71. The molecule has 0 spiro atoms. The Bertz CT molecular complexity index is 571. The van der Waals surface area contributed by atoms with Crippen LogP contribution in [0, 0.1) is 34.5 Å². The third-order valence-electron chi connectivity index (χ3n) is 8.35.